The maximum Gasteiger partial charge on any atom is 0.239 e. The monoisotopic (exact) mass is 225 g/mol. The van der Waals surface area contributed by atoms with Crippen LogP contribution in [0.1, 0.15) is 32.6 Å². The smallest absolute Gasteiger partial charge is 0.239 e. The largest absolute Gasteiger partial charge is 0.334 e. The van der Waals surface area contributed by atoms with Crippen LogP contribution in [-0.2, 0) is 4.79 Å². The Balaban J connectivity index is 2.03. The van der Waals surface area contributed by atoms with E-state index in [-0.39, 0.29) is 11.9 Å². The Morgan fingerprint density at radius 2 is 2.06 bits per heavy atom. The van der Waals surface area contributed by atoms with Crippen molar-refractivity contribution in [3.8, 4) is 0 Å². The van der Waals surface area contributed by atoms with Crippen molar-refractivity contribution < 1.29 is 4.79 Å². The van der Waals surface area contributed by atoms with Crippen molar-refractivity contribution in [3.63, 3.8) is 0 Å². The minimum absolute atomic E-state index is 0.141. The van der Waals surface area contributed by atoms with Gasteiger partial charge in [-0.25, -0.2) is 0 Å². The van der Waals surface area contributed by atoms with E-state index in [9.17, 15) is 4.79 Å². The number of nitrogens with two attached hydrogens (primary N) is 1. The molecule has 0 unspecified atom stereocenters. The van der Waals surface area contributed by atoms with E-state index < -0.39 is 0 Å². The van der Waals surface area contributed by atoms with Crippen LogP contribution in [0.4, 0.5) is 0 Å². The van der Waals surface area contributed by atoms with Gasteiger partial charge >= 0.3 is 0 Å². The first-order valence-electron chi connectivity index (χ1n) is 6.36. The zero-order chi connectivity index (χ0) is 11.7. The fourth-order valence-electron chi connectivity index (χ4n) is 2.61. The molecule has 1 saturated heterocycles. The van der Waals surface area contributed by atoms with Gasteiger partial charge in [-0.2, -0.15) is 0 Å². The van der Waals surface area contributed by atoms with Crippen molar-refractivity contribution >= 4 is 5.91 Å². The maximum absolute atomic E-state index is 12.1. The predicted molar refractivity (Wildman–Crippen MR) is 64.0 cm³/mol. The van der Waals surface area contributed by atoms with Crippen LogP contribution in [0.25, 0.3) is 0 Å². The van der Waals surface area contributed by atoms with Crippen LogP contribution in [0, 0.1) is 0 Å². The molecule has 0 aromatic rings. The van der Waals surface area contributed by atoms with Crippen LogP contribution < -0.4 is 5.73 Å². The van der Waals surface area contributed by atoms with Gasteiger partial charge in [-0.15, -0.1) is 0 Å². The number of rotatable bonds is 3. The van der Waals surface area contributed by atoms with Gasteiger partial charge in [0.05, 0.1) is 6.04 Å². The van der Waals surface area contributed by atoms with Gasteiger partial charge in [0.1, 0.15) is 0 Å². The van der Waals surface area contributed by atoms with Crippen LogP contribution in [0.5, 0.6) is 0 Å². The number of likely N-dealkylation sites (N-methyl/N-ethyl adjacent to an activating group) is 1. The highest BCUT2D eigenvalue weighted by Crippen LogP contribution is 2.31. The third-order valence-electron chi connectivity index (χ3n) is 3.58. The number of nitrogens with zero attached hydrogens (tertiary/aromatic N) is 2. The van der Waals surface area contributed by atoms with Crippen molar-refractivity contribution in [1.82, 2.24) is 9.80 Å². The third-order valence-corrected chi connectivity index (χ3v) is 3.58. The number of amides is 1. The summed E-state index contributed by atoms with van der Waals surface area (Å²) in [5, 5.41) is 0. The molecule has 1 aliphatic carbocycles. The van der Waals surface area contributed by atoms with Crippen LogP contribution in [0.2, 0.25) is 0 Å². The van der Waals surface area contributed by atoms with E-state index in [1.165, 1.54) is 19.3 Å². The average Bonchev–Trinajstić information content (AvgIpc) is 3.02. The lowest BCUT2D eigenvalue weighted by atomic mass is 10.0. The molecule has 1 saturated carbocycles. The van der Waals surface area contributed by atoms with Gasteiger partial charge < -0.3 is 15.5 Å². The SMILES string of the molecule is C[C@H](N)C(=O)N(C1CC1)[C@@H]1CCCN(C)C1. The Bertz CT molecular complexity index is 263. The summed E-state index contributed by atoms with van der Waals surface area (Å²) in [4.78, 5) is 16.5. The number of carbonyl (C=O) groups excluding carboxylic acids is 1. The highest BCUT2D eigenvalue weighted by molar-refractivity contribution is 5.82. The Morgan fingerprint density at radius 1 is 1.38 bits per heavy atom. The summed E-state index contributed by atoms with van der Waals surface area (Å²) in [5.41, 5.74) is 5.74. The van der Waals surface area contributed by atoms with Gasteiger partial charge in [0.15, 0.2) is 0 Å². The van der Waals surface area contributed by atoms with Crippen LogP contribution in [0.15, 0.2) is 0 Å². The maximum atomic E-state index is 12.1. The first-order chi connectivity index (χ1) is 7.59. The fraction of sp³-hybridized carbons (Fsp3) is 0.917. The first-order valence-corrected chi connectivity index (χ1v) is 6.36. The minimum atomic E-state index is -0.354. The quantitative estimate of drug-likeness (QED) is 0.757. The molecule has 0 bridgehead atoms. The second-order valence-electron chi connectivity index (χ2n) is 5.32. The molecule has 1 heterocycles. The molecular formula is C12H23N3O. The fourth-order valence-corrected chi connectivity index (χ4v) is 2.61. The molecule has 0 radical (unpaired) electrons. The number of likely N-dealkylation sites (tertiary alicyclic amines) is 1. The van der Waals surface area contributed by atoms with Gasteiger partial charge in [-0.1, -0.05) is 0 Å². The molecule has 2 aliphatic rings. The van der Waals surface area contributed by atoms with Gasteiger partial charge in [0, 0.05) is 18.6 Å². The lowest BCUT2D eigenvalue weighted by Crippen LogP contribution is -2.54. The summed E-state index contributed by atoms with van der Waals surface area (Å²) in [6.07, 6.45) is 4.66. The number of carbonyl (C=O) groups is 1. The summed E-state index contributed by atoms with van der Waals surface area (Å²) >= 11 is 0. The Hall–Kier alpha value is -0.610. The number of hydrogen-bond acceptors (Lipinski definition) is 3. The average molecular weight is 225 g/mol. The Labute approximate surface area is 97.8 Å². The summed E-state index contributed by atoms with van der Waals surface area (Å²) < 4.78 is 0. The van der Waals surface area contributed by atoms with E-state index in [2.05, 4.69) is 16.8 Å². The van der Waals surface area contributed by atoms with E-state index in [0.29, 0.717) is 12.1 Å². The predicted octanol–water partition coefficient (Wildman–Crippen LogP) is 0.419. The van der Waals surface area contributed by atoms with Gasteiger partial charge in [0.25, 0.3) is 0 Å². The van der Waals surface area contributed by atoms with Crippen LogP contribution in [0.3, 0.4) is 0 Å². The van der Waals surface area contributed by atoms with Gasteiger partial charge in [-0.05, 0) is 46.2 Å². The Morgan fingerprint density at radius 3 is 2.56 bits per heavy atom. The zero-order valence-electron chi connectivity index (χ0n) is 10.4. The van der Waals surface area contributed by atoms with Crippen molar-refractivity contribution in [2.75, 3.05) is 20.1 Å². The van der Waals surface area contributed by atoms with E-state index >= 15 is 0 Å². The lowest BCUT2D eigenvalue weighted by Gasteiger charge is -2.39. The van der Waals surface area contributed by atoms with E-state index in [0.717, 1.165) is 19.5 Å². The molecule has 16 heavy (non-hydrogen) atoms. The lowest BCUT2D eigenvalue weighted by molar-refractivity contribution is -0.136. The van der Waals surface area contributed by atoms with Crippen molar-refractivity contribution in [2.24, 2.45) is 5.73 Å². The number of piperidine rings is 1. The van der Waals surface area contributed by atoms with Gasteiger partial charge in [0.2, 0.25) is 5.91 Å². The molecular weight excluding hydrogens is 202 g/mol. The van der Waals surface area contributed by atoms with E-state index in [1.54, 1.807) is 6.92 Å². The summed E-state index contributed by atoms with van der Waals surface area (Å²) in [6, 6.07) is 0.521. The van der Waals surface area contributed by atoms with E-state index in [1.807, 2.05) is 0 Å². The summed E-state index contributed by atoms with van der Waals surface area (Å²) in [6.45, 7) is 3.96. The molecule has 2 atom stereocenters. The Kier molecular flexibility index (Phi) is 3.50. The molecule has 2 N–H and O–H groups in total. The van der Waals surface area contributed by atoms with Crippen LogP contribution in [-0.4, -0.2) is 54.0 Å². The molecule has 2 rings (SSSR count). The standard InChI is InChI=1S/C12H23N3O/c1-9(13)12(16)15(10-5-6-10)11-4-3-7-14(2)8-11/h9-11H,3-8,13H2,1-2H3/t9-,11+/m0/s1. The van der Waals surface area contributed by atoms with Crippen molar-refractivity contribution in [1.29, 1.82) is 0 Å². The van der Waals surface area contributed by atoms with E-state index in [4.69, 9.17) is 5.73 Å². The molecule has 4 heteroatoms. The second-order valence-corrected chi connectivity index (χ2v) is 5.32. The molecule has 1 amide bonds. The summed E-state index contributed by atoms with van der Waals surface area (Å²) in [5.74, 6) is 0.141. The minimum Gasteiger partial charge on any atom is -0.334 e. The van der Waals surface area contributed by atoms with Gasteiger partial charge in [-0.3, -0.25) is 4.79 Å². The van der Waals surface area contributed by atoms with Crippen LogP contribution >= 0.6 is 0 Å². The van der Waals surface area contributed by atoms with Crippen molar-refractivity contribution in [3.05, 3.63) is 0 Å². The number of hydrogen-bond donors (Lipinski definition) is 1. The molecule has 4 nitrogen and oxygen atoms in total. The zero-order valence-corrected chi connectivity index (χ0v) is 10.4. The highest BCUT2D eigenvalue weighted by Gasteiger charge is 2.39. The molecule has 0 aromatic heterocycles. The molecule has 92 valence electrons. The highest BCUT2D eigenvalue weighted by atomic mass is 16.2. The molecule has 1 aliphatic heterocycles. The molecule has 2 fully saturated rings. The molecule has 0 spiro atoms. The van der Waals surface area contributed by atoms with Crippen molar-refractivity contribution in [2.45, 2.75) is 50.7 Å². The summed E-state index contributed by atoms with van der Waals surface area (Å²) in [7, 11) is 2.13. The molecule has 0 aromatic carbocycles. The first kappa shape index (κ1) is 11.9. The topological polar surface area (TPSA) is 49.6 Å². The third kappa shape index (κ3) is 2.55. The second kappa shape index (κ2) is 4.72. The normalized spacial score (nSPS) is 28.8.